The molecule has 6 nitrogen and oxygen atoms in total. The molecule has 0 saturated heterocycles. The summed E-state index contributed by atoms with van der Waals surface area (Å²) in [5.74, 6) is -2.15. The molecule has 0 heterocycles. The van der Waals surface area contributed by atoms with Crippen molar-refractivity contribution < 1.29 is 29.7 Å². The molecule has 0 aliphatic heterocycles. The maximum Gasteiger partial charge on any atom is 0.210 e. The molecule has 0 rings (SSSR count). The highest BCUT2D eigenvalue weighted by molar-refractivity contribution is 6.11. The fourth-order valence-corrected chi connectivity index (χ4v) is 7.64. The van der Waals surface area contributed by atoms with Crippen LogP contribution in [-0.2, 0) is 14.4 Å². The van der Waals surface area contributed by atoms with Crippen LogP contribution in [0, 0.1) is 0 Å². The van der Waals surface area contributed by atoms with Gasteiger partial charge in [0.1, 0.15) is 12.2 Å². The molecule has 0 spiro atoms. The summed E-state index contributed by atoms with van der Waals surface area (Å²) in [6.07, 6.45) is 36.2. The monoisotopic (exact) mass is 751 g/mol. The Morgan fingerprint density at radius 2 is 0.566 bits per heavy atom. The third kappa shape index (κ3) is 28.0. The van der Waals surface area contributed by atoms with E-state index in [9.17, 15) is 29.7 Å². The smallest absolute Gasteiger partial charge is 0.210 e. The van der Waals surface area contributed by atoms with Crippen molar-refractivity contribution in [2.45, 2.75) is 283 Å². The highest BCUT2D eigenvalue weighted by Gasteiger charge is 2.52. The van der Waals surface area contributed by atoms with Gasteiger partial charge in [-0.15, -0.1) is 0 Å². The minimum Gasteiger partial charge on any atom is -0.386 e. The van der Waals surface area contributed by atoms with E-state index in [1.807, 2.05) is 0 Å². The van der Waals surface area contributed by atoms with Gasteiger partial charge >= 0.3 is 0 Å². The number of hydrogen-bond donors (Lipinski definition) is 3. The lowest BCUT2D eigenvalue weighted by atomic mass is 9.79. The molecular formula is C47H90O6. The molecule has 0 aliphatic rings. The Bertz CT molecular complexity index is 843. The first kappa shape index (κ1) is 51.9. The van der Waals surface area contributed by atoms with Crippen LogP contribution in [-0.4, -0.2) is 50.5 Å². The van der Waals surface area contributed by atoms with Crippen molar-refractivity contribution in [3.05, 3.63) is 0 Å². The zero-order chi connectivity index (χ0) is 39.3. The summed E-state index contributed by atoms with van der Waals surface area (Å²) in [6, 6.07) is 0. The van der Waals surface area contributed by atoms with Crippen LogP contribution in [0.4, 0.5) is 0 Å². The maximum atomic E-state index is 13.4. The van der Waals surface area contributed by atoms with Gasteiger partial charge in [-0.25, -0.2) is 0 Å². The Hall–Kier alpha value is -1.11. The Labute approximate surface area is 328 Å². The summed E-state index contributed by atoms with van der Waals surface area (Å²) in [5, 5.41) is 33.4. The van der Waals surface area contributed by atoms with Gasteiger partial charge in [0.2, 0.25) is 5.60 Å². The number of hydrogen-bond acceptors (Lipinski definition) is 6. The van der Waals surface area contributed by atoms with Gasteiger partial charge in [-0.1, -0.05) is 226 Å². The predicted octanol–water partition coefficient (Wildman–Crippen LogP) is 13.0. The van der Waals surface area contributed by atoms with Crippen molar-refractivity contribution in [3.63, 3.8) is 0 Å². The van der Waals surface area contributed by atoms with Gasteiger partial charge in [0.15, 0.2) is 17.3 Å². The van der Waals surface area contributed by atoms with Crippen LogP contribution in [0.15, 0.2) is 0 Å². The average molecular weight is 751 g/mol. The number of rotatable bonds is 43. The van der Waals surface area contributed by atoms with E-state index in [1.165, 1.54) is 141 Å². The lowest BCUT2D eigenvalue weighted by molar-refractivity contribution is -0.174. The summed E-state index contributed by atoms with van der Waals surface area (Å²) in [7, 11) is 0. The van der Waals surface area contributed by atoms with Gasteiger partial charge in [0.05, 0.1) is 0 Å². The standard InChI is InChI=1S/C47H90O6/c1-4-7-10-13-15-17-19-21-23-25-27-29-31-34-36-39-42(48)45(51)46(52)47(53,43(49)40-37-33-12-9-6-3)44(50)41-38-35-32-30-28-26-24-22-20-18-16-14-11-8-5-2/h45-46,51-53H,4-41H2,1-3H3. The quantitative estimate of drug-likeness (QED) is 0.0422. The molecule has 0 aliphatic carbocycles. The Kier molecular flexibility index (Phi) is 37.0. The average Bonchev–Trinajstić information content (AvgIpc) is 3.16. The lowest BCUT2D eigenvalue weighted by Crippen LogP contribution is -2.61. The minimum atomic E-state index is -2.75. The Morgan fingerprint density at radius 1 is 0.358 bits per heavy atom. The third-order valence-corrected chi connectivity index (χ3v) is 11.4. The SMILES string of the molecule is CCCCCCCCCCCCCCCCCC(=O)C(O)C(O)C(O)(C(=O)CCCCCCC)C(=O)CCCCCCCCCCCCCCCCC. The zero-order valence-electron chi connectivity index (χ0n) is 35.6. The van der Waals surface area contributed by atoms with Crippen LogP contribution in [0.3, 0.4) is 0 Å². The van der Waals surface area contributed by atoms with Gasteiger partial charge in [-0.05, 0) is 19.3 Å². The first-order valence-electron chi connectivity index (χ1n) is 23.4. The molecule has 0 fully saturated rings. The van der Waals surface area contributed by atoms with Gasteiger partial charge in [0, 0.05) is 19.3 Å². The highest BCUT2D eigenvalue weighted by Crippen LogP contribution is 2.25. The normalized spacial score (nSPS) is 13.9. The van der Waals surface area contributed by atoms with E-state index in [1.54, 1.807) is 0 Å². The second kappa shape index (κ2) is 37.8. The fraction of sp³-hybridized carbons (Fsp3) is 0.936. The van der Waals surface area contributed by atoms with E-state index < -0.39 is 35.2 Å². The van der Waals surface area contributed by atoms with Crippen molar-refractivity contribution in [2.75, 3.05) is 0 Å². The number of aliphatic hydroxyl groups is 3. The predicted molar refractivity (Wildman–Crippen MR) is 224 cm³/mol. The van der Waals surface area contributed by atoms with Gasteiger partial charge < -0.3 is 15.3 Å². The molecule has 0 saturated carbocycles. The van der Waals surface area contributed by atoms with Crippen molar-refractivity contribution in [1.29, 1.82) is 0 Å². The summed E-state index contributed by atoms with van der Waals surface area (Å²) >= 11 is 0. The molecule has 0 aromatic carbocycles. The van der Waals surface area contributed by atoms with E-state index in [2.05, 4.69) is 20.8 Å². The molecule has 3 unspecified atom stereocenters. The van der Waals surface area contributed by atoms with E-state index >= 15 is 0 Å². The molecule has 3 N–H and O–H groups in total. The number of unbranched alkanes of at least 4 members (excludes halogenated alkanes) is 32. The second-order valence-electron chi connectivity index (χ2n) is 16.5. The van der Waals surface area contributed by atoms with E-state index in [0.717, 1.165) is 64.2 Å². The van der Waals surface area contributed by atoms with Crippen LogP contribution < -0.4 is 0 Å². The molecule has 3 atom stereocenters. The van der Waals surface area contributed by atoms with Crippen molar-refractivity contribution >= 4 is 17.3 Å². The molecule has 0 radical (unpaired) electrons. The van der Waals surface area contributed by atoms with Gasteiger partial charge in [-0.3, -0.25) is 14.4 Å². The van der Waals surface area contributed by atoms with Crippen LogP contribution in [0.1, 0.15) is 265 Å². The van der Waals surface area contributed by atoms with Gasteiger partial charge in [0.25, 0.3) is 0 Å². The first-order valence-corrected chi connectivity index (χ1v) is 23.4. The summed E-state index contributed by atoms with van der Waals surface area (Å²) in [4.78, 5) is 39.6. The highest BCUT2D eigenvalue weighted by atomic mass is 16.4. The van der Waals surface area contributed by atoms with Crippen molar-refractivity contribution in [2.24, 2.45) is 0 Å². The molecule has 0 bridgehead atoms. The number of ketones is 3. The summed E-state index contributed by atoms with van der Waals surface area (Å²) in [6.45, 7) is 6.62. The Morgan fingerprint density at radius 3 is 0.811 bits per heavy atom. The molecule has 314 valence electrons. The van der Waals surface area contributed by atoms with E-state index in [4.69, 9.17) is 0 Å². The van der Waals surface area contributed by atoms with Crippen LogP contribution in [0.2, 0.25) is 0 Å². The third-order valence-electron chi connectivity index (χ3n) is 11.4. The summed E-state index contributed by atoms with van der Waals surface area (Å²) < 4.78 is 0. The largest absolute Gasteiger partial charge is 0.386 e. The van der Waals surface area contributed by atoms with Crippen LogP contribution >= 0.6 is 0 Å². The number of Topliss-reactive ketones (excluding diaryl/α,β-unsaturated/α-hetero) is 3. The molecule has 0 aromatic rings. The maximum absolute atomic E-state index is 13.4. The van der Waals surface area contributed by atoms with Crippen molar-refractivity contribution in [1.82, 2.24) is 0 Å². The molecule has 0 aromatic heterocycles. The van der Waals surface area contributed by atoms with Crippen molar-refractivity contribution in [3.8, 4) is 0 Å². The van der Waals surface area contributed by atoms with Crippen LogP contribution in [0.25, 0.3) is 0 Å². The lowest BCUT2D eigenvalue weighted by Gasteiger charge is -2.32. The second-order valence-corrected chi connectivity index (χ2v) is 16.5. The van der Waals surface area contributed by atoms with E-state index in [0.29, 0.717) is 19.3 Å². The Balaban J connectivity index is 4.54. The fourth-order valence-electron chi connectivity index (χ4n) is 7.64. The first-order chi connectivity index (χ1) is 25.8. The number of carbonyl (C=O) groups is 3. The van der Waals surface area contributed by atoms with Gasteiger partial charge in [-0.2, -0.15) is 0 Å². The zero-order valence-corrected chi connectivity index (χ0v) is 35.6. The molecule has 6 heteroatoms. The number of carbonyl (C=O) groups excluding carboxylic acids is 3. The van der Waals surface area contributed by atoms with Crippen LogP contribution in [0.5, 0.6) is 0 Å². The number of aliphatic hydroxyl groups excluding tert-OH is 2. The molecular weight excluding hydrogens is 661 g/mol. The summed E-state index contributed by atoms with van der Waals surface area (Å²) in [5.41, 5.74) is -2.75. The minimum absolute atomic E-state index is 0.0483. The topological polar surface area (TPSA) is 112 Å². The molecule has 53 heavy (non-hydrogen) atoms. The molecule has 0 amide bonds. The van der Waals surface area contributed by atoms with E-state index in [-0.39, 0.29) is 19.3 Å².